The van der Waals surface area contributed by atoms with Crippen molar-refractivity contribution in [1.29, 1.82) is 0 Å². The van der Waals surface area contributed by atoms with E-state index in [0.717, 1.165) is 17.4 Å². The average Bonchev–Trinajstić information content (AvgIpc) is 2.76. The van der Waals surface area contributed by atoms with Crippen LogP contribution < -0.4 is 15.4 Å². The first-order chi connectivity index (χ1) is 14.4. The summed E-state index contributed by atoms with van der Waals surface area (Å²) in [6.07, 6.45) is 0.600. The van der Waals surface area contributed by atoms with E-state index in [0.29, 0.717) is 13.0 Å². The molecule has 30 heavy (non-hydrogen) atoms. The quantitative estimate of drug-likeness (QED) is 0.338. The number of methoxy groups -OCH3 is 1. The first kappa shape index (κ1) is 22.3. The Morgan fingerprint density at radius 2 is 1.80 bits per heavy atom. The lowest BCUT2D eigenvalue weighted by Gasteiger charge is -2.08. The van der Waals surface area contributed by atoms with Crippen LogP contribution in [0.15, 0.2) is 48.5 Å². The number of esters is 1. The number of carbonyl (C=O) groups is 3. The maximum atomic E-state index is 11.9. The molecule has 2 aromatic carbocycles. The molecule has 0 saturated heterocycles. The molecule has 2 amide bonds. The van der Waals surface area contributed by atoms with Gasteiger partial charge in [0, 0.05) is 24.2 Å². The molecule has 0 aliphatic rings. The maximum Gasteiger partial charge on any atom is 0.325 e. The predicted octanol–water partition coefficient (Wildman–Crippen LogP) is 1.24. The van der Waals surface area contributed by atoms with Crippen LogP contribution >= 0.6 is 0 Å². The van der Waals surface area contributed by atoms with Crippen LogP contribution in [0.4, 0.5) is 5.69 Å². The molecular formula is C20H21N3O7. The van der Waals surface area contributed by atoms with Gasteiger partial charge in [-0.15, -0.1) is 0 Å². The fourth-order valence-corrected chi connectivity index (χ4v) is 2.40. The second kappa shape index (κ2) is 11.1. The molecule has 10 heteroatoms. The van der Waals surface area contributed by atoms with Crippen LogP contribution in [-0.4, -0.2) is 49.5 Å². The van der Waals surface area contributed by atoms with Gasteiger partial charge in [0.1, 0.15) is 12.3 Å². The molecule has 0 atom stereocenters. The second-order valence-corrected chi connectivity index (χ2v) is 6.10. The predicted molar refractivity (Wildman–Crippen MR) is 106 cm³/mol. The largest absolute Gasteiger partial charge is 0.497 e. The van der Waals surface area contributed by atoms with Crippen LogP contribution in [0.1, 0.15) is 15.9 Å². The molecule has 0 aromatic heterocycles. The van der Waals surface area contributed by atoms with Crippen molar-refractivity contribution in [3.05, 3.63) is 69.8 Å². The maximum absolute atomic E-state index is 11.9. The molecule has 0 bridgehead atoms. The third-order valence-corrected chi connectivity index (χ3v) is 3.97. The van der Waals surface area contributed by atoms with Crippen LogP contribution in [0, 0.1) is 10.1 Å². The van der Waals surface area contributed by atoms with Gasteiger partial charge >= 0.3 is 5.97 Å². The van der Waals surface area contributed by atoms with Gasteiger partial charge in [-0.25, -0.2) is 0 Å². The van der Waals surface area contributed by atoms with Gasteiger partial charge in [0.15, 0.2) is 6.61 Å². The molecule has 0 spiro atoms. The Balaban J connectivity index is 1.66. The summed E-state index contributed by atoms with van der Waals surface area (Å²) in [4.78, 5) is 45.5. The molecule has 2 N–H and O–H groups in total. The van der Waals surface area contributed by atoms with E-state index in [9.17, 15) is 24.5 Å². The summed E-state index contributed by atoms with van der Waals surface area (Å²) >= 11 is 0. The lowest BCUT2D eigenvalue weighted by molar-refractivity contribution is -0.384. The highest BCUT2D eigenvalue weighted by molar-refractivity contribution is 5.96. The molecule has 0 aliphatic heterocycles. The summed E-state index contributed by atoms with van der Waals surface area (Å²) in [5.41, 5.74) is 0.807. The van der Waals surface area contributed by atoms with E-state index in [1.165, 1.54) is 18.2 Å². The normalized spacial score (nSPS) is 10.0. The lowest BCUT2D eigenvalue weighted by Crippen LogP contribution is -2.34. The van der Waals surface area contributed by atoms with Gasteiger partial charge in [-0.05, 0) is 30.2 Å². The zero-order valence-electron chi connectivity index (χ0n) is 16.3. The lowest BCUT2D eigenvalue weighted by atomic mass is 10.1. The minimum absolute atomic E-state index is 0.0354. The molecule has 10 nitrogen and oxygen atoms in total. The molecule has 0 fully saturated rings. The van der Waals surface area contributed by atoms with Gasteiger partial charge in [-0.3, -0.25) is 24.5 Å². The number of carbonyl (C=O) groups excluding carboxylic acids is 3. The number of amides is 2. The topological polar surface area (TPSA) is 137 Å². The third-order valence-electron chi connectivity index (χ3n) is 3.97. The van der Waals surface area contributed by atoms with Crippen molar-refractivity contribution in [2.24, 2.45) is 0 Å². The van der Waals surface area contributed by atoms with Crippen LogP contribution in [0.2, 0.25) is 0 Å². The smallest absolute Gasteiger partial charge is 0.325 e. The average molecular weight is 415 g/mol. The fraction of sp³-hybridized carbons (Fsp3) is 0.250. The third kappa shape index (κ3) is 7.23. The summed E-state index contributed by atoms with van der Waals surface area (Å²) < 4.78 is 9.86. The minimum Gasteiger partial charge on any atom is -0.497 e. The number of nitrogens with zero attached hydrogens (tertiary/aromatic N) is 1. The second-order valence-electron chi connectivity index (χ2n) is 6.10. The van der Waals surface area contributed by atoms with Crippen molar-refractivity contribution in [3.63, 3.8) is 0 Å². The van der Waals surface area contributed by atoms with E-state index >= 15 is 0 Å². The highest BCUT2D eigenvalue weighted by atomic mass is 16.6. The highest BCUT2D eigenvalue weighted by Crippen LogP contribution is 2.13. The van der Waals surface area contributed by atoms with Gasteiger partial charge in [0.05, 0.1) is 12.0 Å². The molecule has 0 unspecified atom stereocenters. The van der Waals surface area contributed by atoms with E-state index < -0.39 is 35.9 Å². The minimum atomic E-state index is -0.806. The Morgan fingerprint density at radius 1 is 1.07 bits per heavy atom. The van der Waals surface area contributed by atoms with E-state index in [1.54, 1.807) is 7.11 Å². The summed E-state index contributed by atoms with van der Waals surface area (Å²) in [7, 11) is 1.58. The Hall–Kier alpha value is -3.95. The van der Waals surface area contributed by atoms with E-state index in [-0.39, 0.29) is 11.3 Å². The zero-order chi connectivity index (χ0) is 21.9. The number of non-ortho nitro benzene ring substituents is 1. The first-order valence-corrected chi connectivity index (χ1v) is 8.97. The zero-order valence-corrected chi connectivity index (χ0v) is 16.3. The summed E-state index contributed by atoms with van der Waals surface area (Å²) in [5, 5.41) is 15.6. The van der Waals surface area contributed by atoms with Crippen LogP contribution in [0.25, 0.3) is 0 Å². The van der Waals surface area contributed by atoms with Gasteiger partial charge in [0.2, 0.25) is 0 Å². The Morgan fingerprint density at radius 3 is 2.47 bits per heavy atom. The molecule has 0 heterocycles. The molecule has 2 aromatic rings. The van der Waals surface area contributed by atoms with E-state index in [4.69, 9.17) is 9.47 Å². The Labute approximate surface area is 172 Å². The first-order valence-electron chi connectivity index (χ1n) is 8.97. The van der Waals surface area contributed by atoms with Crippen molar-refractivity contribution >= 4 is 23.5 Å². The van der Waals surface area contributed by atoms with E-state index in [2.05, 4.69) is 10.6 Å². The summed E-state index contributed by atoms with van der Waals surface area (Å²) in [6.45, 7) is -0.582. The molecule has 158 valence electrons. The Bertz CT molecular complexity index is 913. The van der Waals surface area contributed by atoms with Gasteiger partial charge in [-0.1, -0.05) is 18.2 Å². The summed E-state index contributed by atoms with van der Waals surface area (Å²) in [5.74, 6) is -1.20. The number of nitro groups is 1. The molecule has 0 radical (unpaired) electrons. The standard InChI is InChI=1S/C20H21N3O7/c1-29-17-7-5-14(6-8-17)9-10-21-18(24)13-30-19(25)12-22-20(26)15-3-2-4-16(11-15)23(27)28/h2-8,11H,9-10,12-13H2,1H3,(H,21,24)(H,22,26). The number of rotatable bonds is 10. The van der Waals surface area contributed by atoms with Crippen molar-refractivity contribution in [2.75, 3.05) is 26.8 Å². The number of hydrogen-bond donors (Lipinski definition) is 2. The monoisotopic (exact) mass is 415 g/mol. The van der Waals surface area contributed by atoms with Crippen molar-refractivity contribution < 1.29 is 28.8 Å². The van der Waals surface area contributed by atoms with Crippen LogP contribution in [0.5, 0.6) is 5.75 Å². The summed E-state index contributed by atoms with van der Waals surface area (Å²) in [6, 6.07) is 12.5. The highest BCUT2D eigenvalue weighted by Gasteiger charge is 2.13. The van der Waals surface area contributed by atoms with Gasteiger partial charge < -0.3 is 20.1 Å². The SMILES string of the molecule is COc1ccc(CCNC(=O)COC(=O)CNC(=O)c2cccc([N+](=O)[O-])c2)cc1. The number of ether oxygens (including phenoxy) is 2. The van der Waals surface area contributed by atoms with E-state index in [1.807, 2.05) is 24.3 Å². The van der Waals surface area contributed by atoms with Gasteiger partial charge in [-0.2, -0.15) is 0 Å². The number of nitro benzene ring substituents is 1. The number of nitrogens with one attached hydrogen (secondary N) is 2. The van der Waals surface area contributed by atoms with Crippen LogP contribution in [0.3, 0.4) is 0 Å². The number of hydrogen-bond acceptors (Lipinski definition) is 7. The van der Waals surface area contributed by atoms with Crippen LogP contribution in [-0.2, 0) is 20.7 Å². The van der Waals surface area contributed by atoms with Crippen molar-refractivity contribution in [2.45, 2.75) is 6.42 Å². The fourth-order valence-electron chi connectivity index (χ4n) is 2.40. The molecule has 0 saturated carbocycles. The Kier molecular flexibility index (Phi) is 8.30. The number of benzene rings is 2. The van der Waals surface area contributed by atoms with Crippen molar-refractivity contribution in [1.82, 2.24) is 10.6 Å². The molecule has 0 aliphatic carbocycles. The molecular weight excluding hydrogens is 394 g/mol. The molecule has 2 rings (SSSR count). The van der Waals surface area contributed by atoms with Gasteiger partial charge in [0.25, 0.3) is 17.5 Å². The van der Waals surface area contributed by atoms with Crippen molar-refractivity contribution in [3.8, 4) is 5.75 Å².